The van der Waals surface area contributed by atoms with Gasteiger partial charge in [0.2, 0.25) is 3.79 Å². The number of alkyl halides is 3. The van der Waals surface area contributed by atoms with Crippen LogP contribution in [0.25, 0.3) is 0 Å². The minimum absolute atomic E-state index is 0.0796. The highest BCUT2D eigenvalue weighted by Gasteiger charge is 2.33. The van der Waals surface area contributed by atoms with Crippen LogP contribution in [0.4, 0.5) is 0 Å². The fourth-order valence-corrected chi connectivity index (χ4v) is 2.36. The quantitative estimate of drug-likeness (QED) is 0.767. The van der Waals surface area contributed by atoms with E-state index in [1.54, 1.807) is 4.68 Å². The second-order valence-electron chi connectivity index (χ2n) is 5.70. The standard InChI is InChI=1S/C12H20Cl3N3/c1-5-6-7-18-10(12(13,14)15)9(16-17-18)8-11(2,3)4/h5-8H2,1-4H3. The van der Waals surface area contributed by atoms with E-state index in [-0.39, 0.29) is 5.41 Å². The summed E-state index contributed by atoms with van der Waals surface area (Å²) >= 11 is 18.1. The maximum Gasteiger partial charge on any atom is 0.234 e. The molecule has 0 unspecified atom stereocenters. The molecular formula is C12H20Cl3N3. The summed E-state index contributed by atoms with van der Waals surface area (Å²) in [6.45, 7) is 9.22. The summed E-state index contributed by atoms with van der Waals surface area (Å²) in [4.78, 5) is 0. The predicted molar refractivity (Wildman–Crippen MR) is 77.3 cm³/mol. The van der Waals surface area contributed by atoms with Gasteiger partial charge in [0.25, 0.3) is 0 Å². The van der Waals surface area contributed by atoms with Crippen molar-refractivity contribution in [1.82, 2.24) is 15.0 Å². The van der Waals surface area contributed by atoms with Crippen LogP contribution in [0, 0.1) is 5.41 Å². The summed E-state index contributed by atoms with van der Waals surface area (Å²) in [7, 11) is 0. The number of nitrogens with zero attached hydrogens (tertiary/aromatic N) is 3. The van der Waals surface area contributed by atoms with Crippen molar-refractivity contribution < 1.29 is 0 Å². The number of hydrogen-bond donors (Lipinski definition) is 0. The molecular weight excluding hydrogens is 293 g/mol. The van der Waals surface area contributed by atoms with Gasteiger partial charge in [-0.1, -0.05) is 74.1 Å². The molecule has 18 heavy (non-hydrogen) atoms. The molecule has 0 fully saturated rings. The van der Waals surface area contributed by atoms with Gasteiger partial charge >= 0.3 is 0 Å². The van der Waals surface area contributed by atoms with Gasteiger partial charge in [0.1, 0.15) is 5.69 Å². The summed E-state index contributed by atoms with van der Waals surface area (Å²) in [6.07, 6.45) is 2.79. The highest BCUT2D eigenvalue weighted by Crippen LogP contribution is 2.40. The second-order valence-corrected chi connectivity index (χ2v) is 7.98. The zero-order chi connectivity index (χ0) is 14.0. The Labute approximate surface area is 124 Å². The van der Waals surface area contributed by atoms with E-state index in [1.165, 1.54) is 0 Å². The Morgan fingerprint density at radius 2 is 1.78 bits per heavy atom. The molecule has 0 amide bonds. The van der Waals surface area contributed by atoms with Crippen LogP contribution in [0.5, 0.6) is 0 Å². The molecule has 0 saturated carbocycles. The van der Waals surface area contributed by atoms with Gasteiger partial charge in [-0.15, -0.1) is 5.10 Å². The van der Waals surface area contributed by atoms with Crippen molar-refractivity contribution in [3.8, 4) is 0 Å². The van der Waals surface area contributed by atoms with Gasteiger partial charge < -0.3 is 0 Å². The molecule has 0 atom stereocenters. The van der Waals surface area contributed by atoms with Crippen LogP contribution in [0.15, 0.2) is 0 Å². The Morgan fingerprint density at radius 1 is 1.17 bits per heavy atom. The zero-order valence-electron chi connectivity index (χ0n) is 11.3. The summed E-state index contributed by atoms with van der Waals surface area (Å²) in [5.74, 6) is 0. The molecule has 3 nitrogen and oxygen atoms in total. The Kier molecular flexibility index (Phi) is 5.33. The SMILES string of the molecule is CCCCn1nnc(CC(C)(C)C)c1C(Cl)(Cl)Cl. The number of halogens is 3. The number of hydrogen-bond acceptors (Lipinski definition) is 2. The molecule has 0 aliphatic rings. The average Bonchev–Trinajstić information content (AvgIpc) is 2.54. The first-order valence-electron chi connectivity index (χ1n) is 6.14. The highest BCUT2D eigenvalue weighted by molar-refractivity contribution is 6.66. The number of rotatable bonds is 4. The van der Waals surface area contributed by atoms with Gasteiger partial charge in [0.05, 0.1) is 5.69 Å². The maximum atomic E-state index is 6.05. The molecule has 0 aliphatic carbocycles. The lowest BCUT2D eigenvalue weighted by Crippen LogP contribution is -2.17. The molecule has 1 rings (SSSR count). The van der Waals surface area contributed by atoms with Gasteiger partial charge in [-0.05, 0) is 18.3 Å². The lowest BCUT2D eigenvalue weighted by molar-refractivity contribution is 0.404. The van der Waals surface area contributed by atoms with Crippen molar-refractivity contribution in [2.45, 2.75) is 57.3 Å². The van der Waals surface area contributed by atoms with Crippen molar-refractivity contribution in [3.63, 3.8) is 0 Å². The van der Waals surface area contributed by atoms with E-state index in [2.05, 4.69) is 38.0 Å². The Morgan fingerprint density at radius 3 is 2.22 bits per heavy atom. The number of unbranched alkanes of at least 4 members (excludes halogenated alkanes) is 1. The average molecular weight is 313 g/mol. The predicted octanol–water partition coefficient (Wildman–Crippen LogP) is 4.49. The molecule has 1 aromatic heterocycles. The van der Waals surface area contributed by atoms with Crippen molar-refractivity contribution >= 4 is 34.8 Å². The zero-order valence-corrected chi connectivity index (χ0v) is 13.6. The van der Waals surface area contributed by atoms with Crippen LogP contribution in [0.3, 0.4) is 0 Å². The Hall–Kier alpha value is 0.01000. The summed E-state index contributed by atoms with van der Waals surface area (Å²) in [5, 5.41) is 8.30. The van der Waals surface area contributed by atoms with Crippen LogP contribution in [0.2, 0.25) is 0 Å². The molecule has 0 N–H and O–H groups in total. The summed E-state index contributed by atoms with van der Waals surface area (Å²) in [5.41, 5.74) is 1.46. The first kappa shape index (κ1) is 16.1. The largest absolute Gasteiger partial charge is 0.245 e. The van der Waals surface area contributed by atoms with Gasteiger partial charge in [0, 0.05) is 6.54 Å². The number of aromatic nitrogens is 3. The summed E-state index contributed by atoms with van der Waals surface area (Å²) < 4.78 is 0.245. The van der Waals surface area contributed by atoms with Crippen LogP contribution >= 0.6 is 34.8 Å². The van der Waals surface area contributed by atoms with Crippen LogP contribution in [0.1, 0.15) is 51.9 Å². The third kappa shape index (κ3) is 4.60. The summed E-state index contributed by atoms with van der Waals surface area (Å²) in [6, 6.07) is 0. The van der Waals surface area contributed by atoms with Gasteiger partial charge in [-0.3, -0.25) is 0 Å². The van der Waals surface area contributed by atoms with Gasteiger partial charge in [-0.2, -0.15) is 0 Å². The molecule has 0 saturated heterocycles. The molecule has 0 radical (unpaired) electrons. The number of aryl methyl sites for hydroxylation is 1. The van der Waals surface area contributed by atoms with E-state index in [9.17, 15) is 0 Å². The highest BCUT2D eigenvalue weighted by atomic mass is 35.6. The van der Waals surface area contributed by atoms with E-state index in [0.717, 1.165) is 31.5 Å². The lowest BCUT2D eigenvalue weighted by Gasteiger charge is -2.20. The minimum Gasteiger partial charge on any atom is -0.245 e. The molecule has 6 heteroatoms. The normalized spacial score (nSPS) is 13.1. The first-order chi connectivity index (χ1) is 8.15. The van der Waals surface area contributed by atoms with Crippen molar-refractivity contribution in [2.24, 2.45) is 5.41 Å². The molecule has 0 bridgehead atoms. The molecule has 1 heterocycles. The topological polar surface area (TPSA) is 30.7 Å². The molecule has 0 spiro atoms. The molecule has 1 aromatic rings. The fourth-order valence-electron chi connectivity index (χ4n) is 1.74. The third-order valence-corrected chi connectivity index (χ3v) is 3.03. The smallest absolute Gasteiger partial charge is 0.234 e. The van der Waals surface area contributed by atoms with Gasteiger partial charge in [-0.25, -0.2) is 4.68 Å². The Balaban J connectivity index is 3.08. The minimum atomic E-state index is -1.47. The fraction of sp³-hybridized carbons (Fsp3) is 0.833. The first-order valence-corrected chi connectivity index (χ1v) is 7.28. The van der Waals surface area contributed by atoms with Gasteiger partial charge in [0.15, 0.2) is 0 Å². The van der Waals surface area contributed by atoms with E-state index >= 15 is 0 Å². The van der Waals surface area contributed by atoms with E-state index in [1.807, 2.05) is 0 Å². The third-order valence-electron chi connectivity index (χ3n) is 2.49. The lowest BCUT2D eigenvalue weighted by atomic mass is 9.90. The van der Waals surface area contributed by atoms with Crippen molar-refractivity contribution in [2.75, 3.05) is 0 Å². The maximum absolute atomic E-state index is 6.05. The van der Waals surface area contributed by atoms with E-state index < -0.39 is 3.79 Å². The van der Waals surface area contributed by atoms with E-state index in [4.69, 9.17) is 34.8 Å². The van der Waals surface area contributed by atoms with Crippen molar-refractivity contribution in [3.05, 3.63) is 11.4 Å². The molecule has 0 aromatic carbocycles. The van der Waals surface area contributed by atoms with Crippen molar-refractivity contribution in [1.29, 1.82) is 0 Å². The molecule has 104 valence electrons. The Bertz CT molecular complexity index is 388. The van der Waals surface area contributed by atoms with Crippen LogP contribution in [-0.2, 0) is 16.8 Å². The van der Waals surface area contributed by atoms with E-state index in [0.29, 0.717) is 5.69 Å². The van der Waals surface area contributed by atoms with Crippen LogP contribution in [-0.4, -0.2) is 15.0 Å². The molecule has 0 aliphatic heterocycles. The monoisotopic (exact) mass is 311 g/mol. The second kappa shape index (κ2) is 5.98. The van der Waals surface area contributed by atoms with Crippen LogP contribution < -0.4 is 0 Å².